The second-order valence-electron chi connectivity index (χ2n) is 4.58. The van der Waals surface area contributed by atoms with Crippen LogP contribution in [0.15, 0.2) is 42.5 Å². The first kappa shape index (κ1) is 15.1. The predicted molar refractivity (Wildman–Crippen MR) is 79.8 cm³/mol. The monoisotopic (exact) mass is 345 g/mol. The van der Waals surface area contributed by atoms with Gasteiger partial charge >= 0.3 is 6.18 Å². The van der Waals surface area contributed by atoms with Crippen LogP contribution < -0.4 is 4.74 Å². The number of rotatable bonds is 2. The molecule has 22 heavy (non-hydrogen) atoms. The molecule has 7 heteroatoms. The van der Waals surface area contributed by atoms with Gasteiger partial charge in [0.2, 0.25) is 0 Å². The smallest absolute Gasteiger partial charge is 0.431 e. The summed E-state index contributed by atoms with van der Waals surface area (Å²) in [5, 5.41) is 0.908. The lowest BCUT2D eigenvalue weighted by molar-refractivity contribution is -0.140. The Balaban J connectivity index is 2.04. The molecule has 114 valence electrons. The van der Waals surface area contributed by atoms with E-state index in [0.29, 0.717) is 16.2 Å². The van der Waals surface area contributed by atoms with Crippen molar-refractivity contribution in [1.29, 1.82) is 0 Å². The molecular weight excluding hydrogens is 338 g/mol. The molecule has 3 rings (SSSR count). The number of ether oxygens (including phenoxy) is 1. The molecule has 2 aromatic carbocycles. The zero-order chi connectivity index (χ0) is 15.9. The molecule has 0 aliphatic rings. The highest BCUT2D eigenvalue weighted by Gasteiger charge is 2.32. The van der Waals surface area contributed by atoms with E-state index in [-0.39, 0.29) is 16.3 Å². The van der Waals surface area contributed by atoms with E-state index in [1.165, 1.54) is 12.1 Å². The van der Waals surface area contributed by atoms with Crippen molar-refractivity contribution in [1.82, 2.24) is 4.98 Å². The Morgan fingerprint density at radius 2 is 1.64 bits per heavy atom. The number of hydrogen-bond acceptors (Lipinski definition) is 1. The summed E-state index contributed by atoms with van der Waals surface area (Å²) in [6, 6.07) is 10.6. The summed E-state index contributed by atoms with van der Waals surface area (Å²) in [5.74, 6) is 0.604. The fourth-order valence-electron chi connectivity index (χ4n) is 2.01. The number of hydrogen-bond donors (Lipinski definition) is 1. The average Bonchev–Trinajstić information content (AvgIpc) is 2.84. The molecule has 0 saturated carbocycles. The van der Waals surface area contributed by atoms with E-state index in [1.807, 2.05) is 0 Å². The quantitative estimate of drug-likeness (QED) is 0.580. The number of H-pyrrole nitrogens is 1. The summed E-state index contributed by atoms with van der Waals surface area (Å²) in [6.07, 6.45) is -4.45. The largest absolute Gasteiger partial charge is 0.454 e. The van der Waals surface area contributed by atoms with Crippen molar-refractivity contribution in [3.8, 4) is 11.5 Å². The van der Waals surface area contributed by atoms with Crippen LogP contribution in [0.3, 0.4) is 0 Å². The standard InChI is InChI=1S/C15H8Cl2F3NO/c16-9-3-1-2-4-12(9)22-13-5-8-6-14(15(18,19)20)21-11(8)7-10(13)17/h1-7,21H. The van der Waals surface area contributed by atoms with Crippen LogP contribution in [0.1, 0.15) is 5.69 Å². The molecule has 1 N–H and O–H groups in total. The van der Waals surface area contributed by atoms with Gasteiger partial charge in [-0.3, -0.25) is 0 Å². The van der Waals surface area contributed by atoms with Crippen molar-refractivity contribution in [3.63, 3.8) is 0 Å². The maximum atomic E-state index is 12.7. The fourth-order valence-corrected chi connectivity index (χ4v) is 2.39. The Morgan fingerprint density at radius 1 is 0.909 bits per heavy atom. The first-order valence-corrected chi connectivity index (χ1v) is 6.92. The Kier molecular flexibility index (Phi) is 3.70. The lowest BCUT2D eigenvalue weighted by Gasteiger charge is -2.09. The fraction of sp³-hybridized carbons (Fsp3) is 0.0667. The molecule has 0 spiro atoms. The van der Waals surface area contributed by atoms with E-state index < -0.39 is 11.9 Å². The van der Waals surface area contributed by atoms with Gasteiger partial charge in [0.05, 0.1) is 10.0 Å². The average molecular weight is 346 g/mol. The van der Waals surface area contributed by atoms with Crippen LogP contribution in [-0.4, -0.2) is 4.98 Å². The molecule has 0 amide bonds. The maximum Gasteiger partial charge on any atom is 0.431 e. The first-order chi connectivity index (χ1) is 10.3. The molecular formula is C15H8Cl2F3NO. The minimum absolute atomic E-state index is 0.183. The van der Waals surface area contributed by atoms with Crippen LogP contribution in [0.5, 0.6) is 11.5 Å². The summed E-state index contributed by atoms with van der Waals surface area (Å²) in [6.45, 7) is 0. The number of aromatic nitrogens is 1. The maximum absolute atomic E-state index is 12.7. The normalized spacial score (nSPS) is 11.9. The van der Waals surface area contributed by atoms with Crippen molar-refractivity contribution < 1.29 is 17.9 Å². The number of fused-ring (bicyclic) bond motifs is 1. The highest BCUT2D eigenvalue weighted by atomic mass is 35.5. The highest BCUT2D eigenvalue weighted by molar-refractivity contribution is 6.33. The minimum atomic E-state index is -4.45. The molecule has 3 aromatic rings. The Morgan fingerprint density at radius 3 is 2.32 bits per heavy atom. The van der Waals surface area contributed by atoms with Gasteiger partial charge in [0.15, 0.2) is 0 Å². The number of alkyl halides is 3. The Labute approximate surface area is 133 Å². The predicted octanol–water partition coefficient (Wildman–Crippen LogP) is 6.29. The van der Waals surface area contributed by atoms with Crippen molar-refractivity contribution >= 4 is 34.1 Å². The summed E-state index contributed by atoms with van der Waals surface area (Å²) in [7, 11) is 0. The summed E-state index contributed by atoms with van der Waals surface area (Å²) in [5.41, 5.74) is -0.558. The van der Waals surface area contributed by atoms with Gasteiger partial charge in [0, 0.05) is 10.9 Å². The summed E-state index contributed by atoms with van der Waals surface area (Å²) >= 11 is 12.0. The third kappa shape index (κ3) is 2.87. The summed E-state index contributed by atoms with van der Waals surface area (Å²) < 4.78 is 43.7. The van der Waals surface area contributed by atoms with E-state index >= 15 is 0 Å². The van der Waals surface area contributed by atoms with E-state index in [0.717, 1.165) is 6.07 Å². The molecule has 0 fully saturated rings. The van der Waals surface area contributed by atoms with Crippen LogP contribution in [-0.2, 0) is 6.18 Å². The topological polar surface area (TPSA) is 25.0 Å². The highest BCUT2D eigenvalue weighted by Crippen LogP contribution is 2.38. The van der Waals surface area contributed by atoms with Crippen LogP contribution in [0.25, 0.3) is 10.9 Å². The van der Waals surface area contributed by atoms with Gasteiger partial charge in [-0.15, -0.1) is 0 Å². The van der Waals surface area contributed by atoms with Gasteiger partial charge in [-0.2, -0.15) is 13.2 Å². The molecule has 0 aliphatic carbocycles. The van der Waals surface area contributed by atoms with Gasteiger partial charge in [-0.25, -0.2) is 0 Å². The van der Waals surface area contributed by atoms with E-state index in [2.05, 4.69) is 4.98 Å². The number of benzene rings is 2. The SMILES string of the molecule is FC(F)(F)c1cc2cc(Oc3ccccc3Cl)c(Cl)cc2[nH]1. The third-order valence-corrected chi connectivity index (χ3v) is 3.64. The second kappa shape index (κ2) is 5.41. The first-order valence-electron chi connectivity index (χ1n) is 6.16. The molecule has 1 aromatic heterocycles. The van der Waals surface area contributed by atoms with Gasteiger partial charge in [-0.1, -0.05) is 35.3 Å². The van der Waals surface area contributed by atoms with E-state index in [9.17, 15) is 13.2 Å². The molecule has 0 unspecified atom stereocenters. The number of para-hydroxylation sites is 1. The van der Waals surface area contributed by atoms with Gasteiger partial charge in [0.25, 0.3) is 0 Å². The Hall–Kier alpha value is -1.85. The van der Waals surface area contributed by atoms with Gasteiger partial charge < -0.3 is 9.72 Å². The summed E-state index contributed by atoms with van der Waals surface area (Å²) in [4.78, 5) is 2.29. The number of aromatic amines is 1. The van der Waals surface area contributed by atoms with Crippen LogP contribution >= 0.6 is 23.2 Å². The lowest BCUT2D eigenvalue weighted by Crippen LogP contribution is -2.04. The zero-order valence-corrected chi connectivity index (χ0v) is 12.4. The van der Waals surface area contributed by atoms with Crippen LogP contribution in [0.2, 0.25) is 10.0 Å². The van der Waals surface area contributed by atoms with Crippen molar-refractivity contribution in [3.05, 3.63) is 58.2 Å². The molecule has 0 aliphatic heterocycles. The van der Waals surface area contributed by atoms with Crippen molar-refractivity contribution in [2.75, 3.05) is 0 Å². The molecule has 0 bridgehead atoms. The van der Waals surface area contributed by atoms with Crippen LogP contribution in [0.4, 0.5) is 13.2 Å². The van der Waals surface area contributed by atoms with E-state index in [4.69, 9.17) is 27.9 Å². The Bertz CT molecular complexity index is 842. The number of halogens is 5. The molecule has 1 heterocycles. The van der Waals surface area contributed by atoms with Crippen molar-refractivity contribution in [2.45, 2.75) is 6.18 Å². The molecule has 0 radical (unpaired) electrons. The molecule has 2 nitrogen and oxygen atoms in total. The van der Waals surface area contributed by atoms with Crippen molar-refractivity contribution in [2.24, 2.45) is 0 Å². The van der Waals surface area contributed by atoms with Gasteiger partial charge in [-0.05, 0) is 30.3 Å². The molecule has 0 atom stereocenters. The zero-order valence-electron chi connectivity index (χ0n) is 10.8. The lowest BCUT2D eigenvalue weighted by atomic mass is 10.2. The molecule has 0 saturated heterocycles. The van der Waals surface area contributed by atoms with E-state index in [1.54, 1.807) is 24.3 Å². The van der Waals surface area contributed by atoms with Crippen LogP contribution in [0, 0.1) is 0 Å². The second-order valence-corrected chi connectivity index (χ2v) is 5.40. The minimum Gasteiger partial charge on any atom is -0.454 e. The number of nitrogens with one attached hydrogen (secondary N) is 1. The van der Waals surface area contributed by atoms with Gasteiger partial charge in [0.1, 0.15) is 17.2 Å². The third-order valence-electron chi connectivity index (χ3n) is 3.04.